The first-order valence-corrected chi connectivity index (χ1v) is 5.27. The van der Waals surface area contributed by atoms with Gasteiger partial charge in [0.2, 0.25) is 11.7 Å². The molecule has 0 amide bonds. The van der Waals surface area contributed by atoms with Crippen LogP contribution in [0.4, 0.5) is 0 Å². The van der Waals surface area contributed by atoms with Gasteiger partial charge >= 0.3 is 0 Å². The van der Waals surface area contributed by atoms with Gasteiger partial charge in [-0.15, -0.1) is 0 Å². The zero-order valence-electron chi connectivity index (χ0n) is 9.24. The topological polar surface area (TPSA) is 101 Å². The molecule has 0 saturated carbocycles. The second-order valence-corrected chi connectivity index (χ2v) is 3.69. The maximum atomic E-state index is 9.18. The van der Waals surface area contributed by atoms with Crippen molar-refractivity contribution in [2.45, 2.75) is 6.42 Å². The first-order chi connectivity index (χ1) is 8.81. The summed E-state index contributed by atoms with van der Waals surface area (Å²) in [6.07, 6.45) is 1.88. The average Bonchev–Trinajstić information content (AvgIpc) is 3.02. The second-order valence-electron chi connectivity index (χ2n) is 3.69. The van der Waals surface area contributed by atoms with Gasteiger partial charge in [0.15, 0.2) is 5.82 Å². The molecule has 0 radical (unpaired) electrons. The van der Waals surface area contributed by atoms with Crippen LogP contribution >= 0.6 is 0 Å². The number of aromatic hydroxyl groups is 1. The summed E-state index contributed by atoms with van der Waals surface area (Å²) < 4.78 is 5.11. The molecule has 2 N–H and O–H groups in total. The molecule has 2 aromatic heterocycles. The number of aromatic nitrogens is 5. The van der Waals surface area contributed by atoms with Gasteiger partial charge in [0.05, 0.1) is 6.42 Å². The van der Waals surface area contributed by atoms with Crippen LogP contribution in [0.15, 0.2) is 35.1 Å². The van der Waals surface area contributed by atoms with E-state index in [1.807, 2.05) is 0 Å². The van der Waals surface area contributed by atoms with Crippen molar-refractivity contribution >= 4 is 0 Å². The molecule has 0 aliphatic rings. The standard InChI is InChI=1S/C11H9N5O2/c17-8-3-1-7(2-4-8)5-9-14-11(16-18-9)10-12-6-13-15-10/h1-4,6,17H,5H2,(H,12,13,15). The van der Waals surface area contributed by atoms with Gasteiger partial charge in [-0.2, -0.15) is 10.1 Å². The SMILES string of the molecule is Oc1ccc(Cc2nc(-c3ncn[nH]3)no2)cc1. The van der Waals surface area contributed by atoms with E-state index in [0.717, 1.165) is 5.56 Å². The molecule has 7 nitrogen and oxygen atoms in total. The van der Waals surface area contributed by atoms with E-state index in [-0.39, 0.29) is 5.75 Å². The molecule has 1 aromatic carbocycles. The molecule has 90 valence electrons. The van der Waals surface area contributed by atoms with Crippen LogP contribution < -0.4 is 0 Å². The quantitative estimate of drug-likeness (QED) is 0.715. The van der Waals surface area contributed by atoms with Crippen molar-refractivity contribution < 1.29 is 9.63 Å². The van der Waals surface area contributed by atoms with Crippen molar-refractivity contribution in [3.63, 3.8) is 0 Å². The third-order valence-corrected chi connectivity index (χ3v) is 2.39. The number of nitrogens with one attached hydrogen (secondary N) is 1. The summed E-state index contributed by atoms with van der Waals surface area (Å²) in [4.78, 5) is 8.13. The minimum Gasteiger partial charge on any atom is -0.508 e. The van der Waals surface area contributed by atoms with Crippen molar-refractivity contribution in [2.75, 3.05) is 0 Å². The van der Waals surface area contributed by atoms with E-state index in [9.17, 15) is 5.11 Å². The van der Waals surface area contributed by atoms with Gasteiger partial charge < -0.3 is 9.63 Å². The van der Waals surface area contributed by atoms with Gasteiger partial charge in [-0.1, -0.05) is 17.3 Å². The highest BCUT2D eigenvalue weighted by Gasteiger charge is 2.11. The Labute approximate surface area is 102 Å². The monoisotopic (exact) mass is 243 g/mol. The van der Waals surface area contributed by atoms with Gasteiger partial charge in [0.25, 0.3) is 0 Å². The van der Waals surface area contributed by atoms with Crippen molar-refractivity contribution in [3.8, 4) is 17.4 Å². The molecule has 0 saturated heterocycles. The van der Waals surface area contributed by atoms with Gasteiger partial charge in [0, 0.05) is 0 Å². The summed E-state index contributed by atoms with van der Waals surface area (Å²) in [5, 5.41) is 19.4. The lowest BCUT2D eigenvalue weighted by Crippen LogP contribution is -1.88. The predicted molar refractivity (Wildman–Crippen MR) is 60.6 cm³/mol. The summed E-state index contributed by atoms with van der Waals surface area (Å²) >= 11 is 0. The van der Waals surface area contributed by atoms with Crippen LogP contribution in [-0.2, 0) is 6.42 Å². The average molecular weight is 243 g/mol. The molecule has 3 aromatic rings. The fourth-order valence-electron chi connectivity index (χ4n) is 1.52. The highest BCUT2D eigenvalue weighted by molar-refractivity contribution is 5.40. The van der Waals surface area contributed by atoms with Gasteiger partial charge in [-0.3, -0.25) is 5.10 Å². The number of H-pyrrole nitrogens is 1. The Kier molecular flexibility index (Phi) is 2.49. The molecule has 0 fully saturated rings. The van der Waals surface area contributed by atoms with Crippen LogP contribution in [0.5, 0.6) is 5.75 Å². The molecule has 0 aliphatic carbocycles. The fraction of sp³-hybridized carbons (Fsp3) is 0.0909. The molecule has 18 heavy (non-hydrogen) atoms. The molecule has 2 heterocycles. The molecule has 0 spiro atoms. The molecular weight excluding hydrogens is 234 g/mol. The maximum absolute atomic E-state index is 9.18. The molecular formula is C11H9N5O2. The number of rotatable bonds is 3. The Hall–Kier alpha value is -2.70. The van der Waals surface area contributed by atoms with Crippen LogP contribution in [0.3, 0.4) is 0 Å². The normalized spacial score (nSPS) is 10.7. The number of benzene rings is 1. The number of phenols is 1. The summed E-state index contributed by atoms with van der Waals surface area (Å²) in [6, 6.07) is 6.83. The molecule has 0 aliphatic heterocycles. The Morgan fingerprint density at radius 1 is 1.22 bits per heavy atom. The molecule has 3 rings (SSSR count). The van der Waals surface area contributed by atoms with Gasteiger partial charge in [-0.05, 0) is 17.7 Å². The van der Waals surface area contributed by atoms with E-state index < -0.39 is 0 Å². The lowest BCUT2D eigenvalue weighted by Gasteiger charge is -1.96. The first kappa shape index (κ1) is 10.5. The van der Waals surface area contributed by atoms with E-state index >= 15 is 0 Å². The van der Waals surface area contributed by atoms with Crippen molar-refractivity contribution in [1.82, 2.24) is 25.3 Å². The highest BCUT2D eigenvalue weighted by atomic mass is 16.5. The van der Waals surface area contributed by atoms with E-state index in [0.29, 0.717) is 24.0 Å². The molecule has 0 unspecified atom stereocenters. The van der Waals surface area contributed by atoms with Crippen LogP contribution in [0.25, 0.3) is 11.6 Å². The molecule has 0 bridgehead atoms. The van der Waals surface area contributed by atoms with Gasteiger partial charge in [-0.25, -0.2) is 4.98 Å². The maximum Gasteiger partial charge on any atom is 0.239 e. The Morgan fingerprint density at radius 3 is 2.78 bits per heavy atom. The Morgan fingerprint density at radius 2 is 2.06 bits per heavy atom. The number of phenolic OH excluding ortho intramolecular Hbond substituents is 1. The van der Waals surface area contributed by atoms with E-state index in [1.165, 1.54) is 6.33 Å². The lowest BCUT2D eigenvalue weighted by atomic mass is 10.1. The minimum absolute atomic E-state index is 0.228. The summed E-state index contributed by atoms with van der Waals surface area (Å²) in [7, 11) is 0. The van der Waals surface area contributed by atoms with Crippen LogP contribution in [0, 0.1) is 0 Å². The Balaban J connectivity index is 1.80. The van der Waals surface area contributed by atoms with Crippen LogP contribution in [0.2, 0.25) is 0 Å². The van der Waals surface area contributed by atoms with Crippen LogP contribution in [-0.4, -0.2) is 30.4 Å². The molecule has 7 heteroatoms. The van der Waals surface area contributed by atoms with Crippen molar-refractivity contribution in [1.29, 1.82) is 0 Å². The number of hydrogen-bond donors (Lipinski definition) is 2. The summed E-state index contributed by atoms with van der Waals surface area (Å²) in [5.74, 6) is 1.55. The Bertz CT molecular complexity index is 630. The predicted octanol–water partition coefficient (Wildman–Crippen LogP) is 1.15. The minimum atomic E-state index is 0.228. The van der Waals surface area contributed by atoms with Gasteiger partial charge in [0.1, 0.15) is 12.1 Å². The zero-order chi connectivity index (χ0) is 12.4. The van der Waals surface area contributed by atoms with E-state index in [4.69, 9.17) is 4.52 Å². The third kappa shape index (κ3) is 2.05. The fourth-order valence-corrected chi connectivity index (χ4v) is 1.52. The lowest BCUT2D eigenvalue weighted by molar-refractivity contribution is 0.385. The highest BCUT2D eigenvalue weighted by Crippen LogP contribution is 2.15. The summed E-state index contributed by atoms with van der Waals surface area (Å²) in [6.45, 7) is 0. The summed E-state index contributed by atoms with van der Waals surface area (Å²) in [5.41, 5.74) is 0.973. The number of hydrogen-bond acceptors (Lipinski definition) is 6. The van der Waals surface area contributed by atoms with Crippen LogP contribution in [0.1, 0.15) is 11.5 Å². The number of nitrogens with zero attached hydrogens (tertiary/aromatic N) is 4. The molecule has 0 atom stereocenters. The second kappa shape index (κ2) is 4.28. The third-order valence-electron chi connectivity index (χ3n) is 2.39. The zero-order valence-corrected chi connectivity index (χ0v) is 9.24. The van der Waals surface area contributed by atoms with E-state index in [2.05, 4.69) is 25.3 Å². The first-order valence-electron chi connectivity index (χ1n) is 5.27. The smallest absolute Gasteiger partial charge is 0.239 e. The van der Waals surface area contributed by atoms with Crippen molar-refractivity contribution in [2.24, 2.45) is 0 Å². The number of aromatic amines is 1. The largest absolute Gasteiger partial charge is 0.508 e. The van der Waals surface area contributed by atoms with Crippen molar-refractivity contribution in [3.05, 3.63) is 42.0 Å². The van der Waals surface area contributed by atoms with E-state index in [1.54, 1.807) is 24.3 Å².